The number of benzene rings is 3. The number of carbonyl (C=O) groups is 2. The molecule has 0 heterocycles. The van der Waals surface area contributed by atoms with Crippen LogP contribution >= 0.6 is 0 Å². The molecule has 1 N–H and O–H groups in total. The van der Waals surface area contributed by atoms with Gasteiger partial charge in [-0.2, -0.15) is 0 Å². The fraction of sp³-hybridized carbons (Fsp3) is 0.273. The van der Waals surface area contributed by atoms with Gasteiger partial charge in [0.25, 0.3) is 5.91 Å². The SMILES string of the molecule is CC[C@H](C)[C@H](NC(=O)c1c2ccccc2cc2ccccc12)C(=O)OC. The average Bonchev–Trinajstić information content (AvgIpc) is 2.68. The van der Waals surface area contributed by atoms with Gasteiger partial charge in [-0.1, -0.05) is 68.8 Å². The van der Waals surface area contributed by atoms with Crippen LogP contribution in [0.5, 0.6) is 0 Å². The summed E-state index contributed by atoms with van der Waals surface area (Å²) in [7, 11) is 1.34. The second kappa shape index (κ2) is 7.56. The summed E-state index contributed by atoms with van der Waals surface area (Å²) in [6.45, 7) is 3.92. The van der Waals surface area contributed by atoms with E-state index in [-0.39, 0.29) is 11.8 Å². The average molecular weight is 349 g/mol. The number of hydrogen-bond acceptors (Lipinski definition) is 3. The second-order valence-electron chi connectivity index (χ2n) is 6.55. The summed E-state index contributed by atoms with van der Waals surface area (Å²) in [5, 5.41) is 6.64. The first-order valence-electron chi connectivity index (χ1n) is 8.86. The van der Waals surface area contributed by atoms with E-state index in [0.29, 0.717) is 5.56 Å². The third kappa shape index (κ3) is 3.27. The molecule has 3 rings (SSSR count). The van der Waals surface area contributed by atoms with Crippen molar-refractivity contribution in [2.24, 2.45) is 5.92 Å². The van der Waals surface area contributed by atoms with Crippen molar-refractivity contribution in [2.75, 3.05) is 7.11 Å². The lowest BCUT2D eigenvalue weighted by Crippen LogP contribution is -2.45. The summed E-state index contributed by atoms with van der Waals surface area (Å²) in [5.41, 5.74) is 0.593. The van der Waals surface area contributed by atoms with Gasteiger partial charge in [0.1, 0.15) is 6.04 Å². The topological polar surface area (TPSA) is 55.4 Å². The first kappa shape index (κ1) is 17.9. The number of nitrogens with one attached hydrogen (secondary N) is 1. The number of ether oxygens (including phenoxy) is 1. The van der Waals surface area contributed by atoms with Crippen LogP contribution in [-0.4, -0.2) is 25.0 Å². The van der Waals surface area contributed by atoms with Crippen LogP contribution in [0.1, 0.15) is 30.6 Å². The number of rotatable bonds is 5. The molecule has 0 aromatic heterocycles. The Morgan fingerprint density at radius 3 is 2.04 bits per heavy atom. The van der Waals surface area contributed by atoms with Crippen LogP contribution < -0.4 is 5.32 Å². The molecular formula is C22H23NO3. The Morgan fingerprint density at radius 1 is 1.00 bits per heavy atom. The minimum Gasteiger partial charge on any atom is -0.467 e. The van der Waals surface area contributed by atoms with E-state index < -0.39 is 12.0 Å². The fourth-order valence-corrected chi connectivity index (χ4v) is 3.27. The highest BCUT2D eigenvalue weighted by atomic mass is 16.5. The van der Waals surface area contributed by atoms with Crippen LogP contribution in [0.25, 0.3) is 21.5 Å². The molecule has 1 amide bonds. The van der Waals surface area contributed by atoms with Crippen molar-refractivity contribution in [1.29, 1.82) is 0 Å². The number of esters is 1. The molecule has 26 heavy (non-hydrogen) atoms. The standard InChI is InChI=1S/C22H23NO3/c1-4-14(2)20(22(25)26-3)23-21(24)19-17-11-7-5-9-15(17)13-16-10-6-8-12-18(16)19/h5-14,20H,4H2,1-3H3,(H,23,24)/t14-,20-/m0/s1. The monoisotopic (exact) mass is 349 g/mol. The van der Waals surface area contributed by atoms with E-state index in [4.69, 9.17) is 4.74 Å². The maximum atomic E-state index is 13.2. The summed E-state index contributed by atoms with van der Waals surface area (Å²) in [6.07, 6.45) is 0.760. The molecule has 2 atom stereocenters. The van der Waals surface area contributed by atoms with Crippen molar-refractivity contribution in [1.82, 2.24) is 5.32 Å². The summed E-state index contributed by atoms with van der Waals surface area (Å²) in [4.78, 5) is 25.4. The molecule has 3 aromatic carbocycles. The quantitative estimate of drug-likeness (QED) is 0.551. The molecule has 0 fully saturated rings. The van der Waals surface area contributed by atoms with Crippen LogP contribution in [0.2, 0.25) is 0 Å². The van der Waals surface area contributed by atoms with E-state index in [2.05, 4.69) is 11.4 Å². The number of carbonyl (C=O) groups excluding carboxylic acids is 2. The van der Waals surface area contributed by atoms with E-state index >= 15 is 0 Å². The normalized spacial score (nSPS) is 13.3. The van der Waals surface area contributed by atoms with Gasteiger partial charge in [-0.05, 0) is 33.5 Å². The van der Waals surface area contributed by atoms with Crippen molar-refractivity contribution < 1.29 is 14.3 Å². The van der Waals surface area contributed by atoms with Crippen LogP contribution in [0.3, 0.4) is 0 Å². The molecule has 0 saturated carbocycles. The molecule has 0 bridgehead atoms. The van der Waals surface area contributed by atoms with Gasteiger partial charge in [0, 0.05) is 0 Å². The van der Waals surface area contributed by atoms with Crippen LogP contribution in [0.15, 0.2) is 54.6 Å². The predicted octanol–water partition coefficient (Wildman–Crippen LogP) is 4.31. The molecule has 0 aliphatic heterocycles. The van der Waals surface area contributed by atoms with Crippen LogP contribution in [0, 0.1) is 5.92 Å². The predicted molar refractivity (Wildman–Crippen MR) is 104 cm³/mol. The Morgan fingerprint density at radius 2 is 1.54 bits per heavy atom. The van der Waals surface area contributed by atoms with Crippen molar-refractivity contribution in [3.05, 3.63) is 60.2 Å². The Labute approximate surface area is 153 Å². The molecule has 4 heteroatoms. The van der Waals surface area contributed by atoms with Gasteiger partial charge in [-0.25, -0.2) is 4.79 Å². The molecule has 134 valence electrons. The van der Waals surface area contributed by atoms with Crippen molar-refractivity contribution in [2.45, 2.75) is 26.3 Å². The Balaban J connectivity index is 2.13. The lowest BCUT2D eigenvalue weighted by molar-refractivity contribution is -0.144. The Kier molecular flexibility index (Phi) is 5.21. The van der Waals surface area contributed by atoms with Crippen molar-refractivity contribution >= 4 is 33.4 Å². The first-order valence-corrected chi connectivity index (χ1v) is 8.86. The summed E-state index contributed by atoms with van der Waals surface area (Å²) < 4.78 is 4.89. The van der Waals surface area contributed by atoms with Gasteiger partial charge < -0.3 is 10.1 Å². The third-order valence-corrected chi connectivity index (χ3v) is 4.95. The van der Waals surface area contributed by atoms with E-state index in [1.807, 2.05) is 62.4 Å². The molecule has 0 unspecified atom stereocenters. The minimum atomic E-state index is -0.671. The van der Waals surface area contributed by atoms with Gasteiger partial charge in [0.15, 0.2) is 0 Å². The fourth-order valence-electron chi connectivity index (χ4n) is 3.27. The van der Waals surface area contributed by atoms with E-state index in [1.54, 1.807) is 0 Å². The maximum absolute atomic E-state index is 13.2. The van der Waals surface area contributed by atoms with E-state index in [9.17, 15) is 9.59 Å². The van der Waals surface area contributed by atoms with Gasteiger partial charge in [0.05, 0.1) is 12.7 Å². The number of hydrogen-bond donors (Lipinski definition) is 1. The zero-order valence-electron chi connectivity index (χ0n) is 15.3. The second-order valence-corrected chi connectivity index (χ2v) is 6.55. The highest BCUT2D eigenvalue weighted by Gasteiger charge is 2.28. The van der Waals surface area contributed by atoms with Gasteiger partial charge in [-0.15, -0.1) is 0 Å². The lowest BCUT2D eigenvalue weighted by atomic mass is 9.94. The highest BCUT2D eigenvalue weighted by molar-refractivity contribution is 6.18. The molecule has 0 aliphatic rings. The minimum absolute atomic E-state index is 0.0207. The number of amides is 1. The molecule has 4 nitrogen and oxygen atoms in total. The maximum Gasteiger partial charge on any atom is 0.328 e. The van der Waals surface area contributed by atoms with Crippen LogP contribution in [0.4, 0.5) is 0 Å². The summed E-state index contributed by atoms with van der Waals surface area (Å²) in [6, 6.07) is 17.0. The van der Waals surface area contributed by atoms with E-state index in [0.717, 1.165) is 28.0 Å². The molecule has 0 radical (unpaired) electrons. The van der Waals surface area contributed by atoms with Crippen molar-refractivity contribution in [3.8, 4) is 0 Å². The molecular weight excluding hydrogens is 326 g/mol. The molecule has 0 spiro atoms. The lowest BCUT2D eigenvalue weighted by Gasteiger charge is -2.22. The molecule has 0 saturated heterocycles. The first-order chi connectivity index (χ1) is 12.6. The third-order valence-electron chi connectivity index (χ3n) is 4.95. The Hall–Kier alpha value is -2.88. The molecule has 3 aromatic rings. The van der Waals surface area contributed by atoms with Crippen LogP contribution in [-0.2, 0) is 9.53 Å². The highest BCUT2D eigenvalue weighted by Crippen LogP contribution is 2.28. The molecule has 0 aliphatic carbocycles. The van der Waals surface area contributed by atoms with E-state index in [1.165, 1.54) is 7.11 Å². The number of methoxy groups -OCH3 is 1. The van der Waals surface area contributed by atoms with Gasteiger partial charge in [-0.3, -0.25) is 4.79 Å². The van der Waals surface area contributed by atoms with Crippen molar-refractivity contribution in [3.63, 3.8) is 0 Å². The number of fused-ring (bicyclic) bond motifs is 2. The Bertz CT molecular complexity index is 910. The smallest absolute Gasteiger partial charge is 0.328 e. The largest absolute Gasteiger partial charge is 0.467 e. The zero-order chi connectivity index (χ0) is 18.7. The van der Waals surface area contributed by atoms with Gasteiger partial charge in [0.2, 0.25) is 0 Å². The summed E-state index contributed by atoms with van der Waals surface area (Å²) >= 11 is 0. The van der Waals surface area contributed by atoms with Gasteiger partial charge >= 0.3 is 5.97 Å². The summed E-state index contributed by atoms with van der Waals surface area (Å²) in [5.74, 6) is -0.696. The zero-order valence-corrected chi connectivity index (χ0v) is 15.3.